The second-order valence-corrected chi connectivity index (χ2v) is 8.22. The van der Waals surface area contributed by atoms with Crippen molar-refractivity contribution in [1.82, 2.24) is 9.97 Å². The van der Waals surface area contributed by atoms with Gasteiger partial charge in [0, 0.05) is 36.6 Å². The number of aryl methyl sites for hydroxylation is 1. The number of piperidine rings is 1. The van der Waals surface area contributed by atoms with Crippen molar-refractivity contribution in [3.63, 3.8) is 0 Å². The normalized spacial score (nSPS) is 14.2. The fourth-order valence-electron chi connectivity index (χ4n) is 4.04. The van der Waals surface area contributed by atoms with Crippen LogP contribution in [-0.4, -0.2) is 29.7 Å². The van der Waals surface area contributed by atoms with E-state index in [1.54, 1.807) is 24.3 Å². The van der Waals surface area contributed by atoms with Gasteiger partial charge in [-0.2, -0.15) is 5.26 Å². The van der Waals surface area contributed by atoms with Crippen LogP contribution in [0.1, 0.15) is 30.9 Å². The second kappa shape index (κ2) is 10.4. The first-order chi connectivity index (χ1) is 16.1. The van der Waals surface area contributed by atoms with Crippen molar-refractivity contribution in [1.29, 1.82) is 5.26 Å². The summed E-state index contributed by atoms with van der Waals surface area (Å²) >= 11 is 0. The maximum absolute atomic E-state index is 14.8. The monoisotopic (exact) mass is 448 g/mol. The van der Waals surface area contributed by atoms with E-state index < -0.39 is 11.6 Å². The van der Waals surface area contributed by atoms with Gasteiger partial charge < -0.3 is 9.64 Å². The van der Waals surface area contributed by atoms with Crippen LogP contribution in [0.25, 0.3) is 11.1 Å². The zero-order chi connectivity index (χ0) is 23.2. The maximum Gasteiger partial charge on any atom is 0.225 e. The van der Waals surface area contributed by atoms with Crippen molar-refractivity contribution in [2.45, 2.75) is 32.6 Å². The zero-order valence-electron chi connectivity index (χ0n) is 18.6. The average Bonchev–Trinajstić information content (AvgIpc) is 2.87. The first-order valence-corrected chi connectivity index (χ1v) is 11.2. The van der Waals surface area contributed by atoms with E-state index in [2.05, 4.69) is 21.8 Å². The molecule has 7 heteroatoms. The van der Waals surface area contributed by atoms with E-state index in [0.29, 0.717) is 12.2 Å². The van der Waals surface area contributed by atoms with Gasteiger partial charge in [0.15, 0.2) is 11.6 Å². The number of nitrogens with zero attached hydrogens (tertiary/aromatic N) is 4. The van der Waals surface area contributed by atoms with Gasteiger partial charge in [-0.1, -0.05) is 37.3 Å². The Balaban J connectivity index is 1.45. The SMILES string of the molecule is CCc1cnc(N2CCC(COc3cc(-c4ccccc4)c(F)c(F)c3CC#N)CC2)nc1. The van der Waals surface area contributed by atoms with Gasteiger partial charge >= 0.3 is 0 Å². The van der Waals surface area contributed by atoms with Crippen LogP contribution in [0.15, 0.2) is 48.8 Å². The molecular formula is C26H26F2N4O. The molecule has 1 aliphatic rings. The molecule has 0 aliphatic carbocycles. The number of hydrogen-bond donors (Lipinski definition) is 0. The molecule has 0 spiro atoms. The van der Waals surface area contributed by atoms with Crippen LogP contribution in [0.5, 0.6) is 5.75 Å². The fourth-order valence-corrected chi connectivity index (χ4v) is 4.04. The lowest BCUT2D eigenvalue weighted by Gasteiger charge is -2.32. The maximum atomic E-state index is 14.8. The van der Waals surface area contributed by atoms with Crippen LogP contribution in [0.2, 0.25) is 0 Å². The summed E-state index contributed by atoms with van der Waals surface area (Å²) in [6.45, 7) is 4.05. The average molecular weight is 449 g/mol. The molecule has 2 aromatic carbocycles. The van der Waals surface area contributed by atoms with Crippen LogP contribution in [0, 0.1) is 28.9 Å². The van der Waals surface area contributed by atoms with Crippen LogP contribution in [-0.2, 0) is 12.8 Å². The summed E-state index contributed by atoms with van der Waals surface area (Å²) in [4.78, 5) is 11.1. The molecule has 1 fully saturated rings. The molecule has 1 aromatic heterocycles. The molecule has 0 amide bonds. The van der Waals surface area contributed by atoms with Gasteiger partial charge in [0.2, 0.25) is 5.95 Å². The van der Waals surface area contributed by atoms with Gasteiger partial charge in [-0.15, -0.1) is 0 Å². The molecule has 1 saturated heterocycles. The lowest BCUT2D eigenvalue weighted by atomic mass is 9.97. The first kappa shape index (κ1) is 22.7. The molecule has 3 aromatic rings. The van der Waals surface area contributed by atoms with Gasteiger partial charge in [0.25, 0.3) is 0 Å². The quantitative estimate of drug-likeness (QED) is 0.488. The van der Waals surface area contributed by atoms with Crippen molar-refractivity contribution in [3.8, 4) is 22.9 Å². The molecule has 33 heavy (non-hydrogen) atoms. The summed E-state index contributed by atoms with van der Waals surface area (Å²) in [6.07, 6.45) is 6.13. The van der Waals surface area contributed by atoms with Crippen LogP contribution >= 0.6 is 0 Å². The fraction of sp³-hybridized carbons (Fsp3) is 0.346. The van der Waals surface area contributed by atoms with Crippen molar-refractivity contribution in [3.05, 3.63) is 71.6 Å². The van der Waals surface area contributed by atoms with Gasteiger partial charge in [0.05, 0.1) is 19.1 Å². The minimum absolute atomic E-state index is 0.0310. The Bertz CT molecular complexity index is 1120. The predicted octanol–water partition coefficient (Wildman–Crippen LogP) is 5.35. The number of hydrogen-bond acceptors (Lipinski definition) is 5. The van der Waals surface area contributed by atoms with Crippen LogP contribution in [0.3, 0.4) is 0 Å². The number of anilines is 1. The van der Waals surface area contributed by atoms with Gasteiger partial charge in [-0.05, 0) is 42.4 Å². The molecule has 1 aliphatic heterocycles. The summed E-state index contributed by atoms with van der Waals surface area (Å²) < 4.78 is 35.6. The van der Waals surface area contributed by atoms with Gasteiger partial charge in [-0.25, -0.2) is 18.7 Å². The minimum atomic E-state index is -1.02. The number of rotatable bonds is 7. The van der Waals surface area contributed by atoms with Crippen molar-refractivity contribution in [2.75, 3.05) is 24.6 Å². The topological polar surface area (TPSA) is 62.0 Å². The number of benzene rings is 2. The summed E-state index contributed by atoms with van der Waals surface area (Å²) in [5.41, 5.74) is 1.77. The Hall–Kier alpha value is -3.53. The summed E-state index contributed by atoms with van der Waals surface area (Å²) in [5.74, 6) is -0.748. The standard InChI is InChI=1S/C26H26F2N4O/c1-2-18-15-30-26(31-16-18)32-12-9-19(10-13-32)17-33-23-14-22(20-6-4-3-5-7-20)25(28)24(27)21(23)8-11-29/h3-7,14-16,19H,2,8-10,12-13,17H2,1H3. The molecule has 4 rings (SSSR count). The molecule has 2 heterocycles. The highest BCUT2D eigenvalue weighted by atomic mass is 19.2. The third-order valence-corrected chi connectivity index (χ3v) is 6.08. The Morgan fingerprint density at radius 3 is 2.42 bits per heavy atom. The number of nitriles is 1. The molecular weight excluding hydrogens is 422 g/mol. The van der Waals surface area contributed by atoms with Crippen molar-refractivity contribution in [2.24, 2.45) is 5.92 Å². The molecule has 0 N–H and O–H groups in total. The lowest BCUT2D eigenvalue weighted by Crippen LogP contribution is -2.36. The molecule has 5 nitrogen and oxygen atoms in total. The number of halogens is 2. The number of ether oxygens (including phenoxy) is 1. The Morgan fingerprint density at radius 1 is 1.09 bits per heavy atom. The van der Waals surface area contributed by atoms with E-state index in [1.165, 1.54) is 6.07 Å². The second-order valence-electron chi connectivity index (χ2n) is 8.22. The summed E-state index contributed by atoms with van der Waals surface area (Å²) in [5, 5.41) is 9.12. The molecule has 0 atom stereocenters. The third kappa shape index (κ3) is 5.11. The molecule has 0 saturated carbocycles. The zero-order valence-corrected chi connectivity index (χ0v) is 18.6. The highest BCUT2D eigenvalue weighted by Gasteiger charge is 2.24. The molecule has 0 unspecified atom stereocenters. The van der Waals surface area contributed by atoms with Crippen LogP contribution < -0.4 is 9.64 Å². The Kier molecular flexibility index (Phi) is 7.13. The summed E-state index contributed by atoms with van der Waals surface area (Å²) in [6, 6.07) is 12.2. The van der Waals surface area contributed by atoms with Crippen molar-refractivity contribution >= 4 is 5.95 Å². The highest BCUT2D eigenvalue weighted by molar-refractivity contribution is 5.67. The summed E-state index contributed by atoms with van der Waals surface area (Å²) in [7, 11) is 0. The third-order valence-electron chi connectivity index (χ3n) is 6.08. The lowest BCUT2D eigenvalue weighted by molar-refractivity contribution is 0.220. The van der Waals surface area contributed by atoms with E-state index in [0.717, 1.165) is 43.9 Å². The molecule has 170 valence electrons. The van der Waals surface area contributed by atoms with E-state index in [1.807, 2.05) is 24.5 Å². The largest absolute Gasteiger partial charge is 0.493 e. The predicted molar refractivity (Wildman–Crippen MR) is 123 cm³/mol. The van der Waals surface area contributed by atoms with Gasteiger partial charge in [-0.3, -0.25) is 0 Å². The molecule has 0 bridgehead atoms. The van der Waals surface area contributed by atoms with Gasteiger partial charge in [0.1, 0.15) is 5.75 Å². The Morgan fingerprint density at radius 2 is 1.79 bits per heavy atom. The van der Waals surface area contributed by atoms with E-state index >= 15 is 0 Å². The van der Waals surface area contributed by atoms with Crippen LogP contribution in [0.4, 0.5) is 14.7 Å². The highest BCUT2D eigenvalue weighted by Crippen LogP contribution is 2.34. The Labute approximate surface area is 192 Å². The van der Waals surface area contributed by atoms with E-state index in [9.17, 15) is 8.78 Å². The first-order valence-electron chi connectivity index (χ1n) is 11.2. The molecule has 0 radical (unpaired) electrons. The van der Waals surface area contributed by atoms with E-state index in [-0.39, 0.29) is 29.2 Å². The van der Waals surface area contributed by atoms with E-state index in [4.69, 9.17) is 10.00 Å². The number of aromatic nitrogens is 2. The smallest absolute Gasteiger partial charge is 0.225 e. The van der Waals surface area contributed by atoms with Crippen molar-refractivity contribution < 1.29 is 13.5 Å². The minimum Gasteiger partial charge on any atom is -0.493 e.